The molecule has 0 rings (SSSR count). The van der Waals surface area contributed by atoms with Crippen LogP contribution in [0.25, 0.3) is 0 Å². The lowest BCUT2D eigenvalue weighted by Gasteiger charge is -2.27. The third-order valence-electron chi connectivity index (χ3n) is 5.84. The molecule has 0 bridgehead atoms. The van der Waals surface area contributed by atoms with Gasteiger partial charge in [0.05, 0.1) is 17.8 Å². The minimum Gasteiger partial charge on any atom is -0.390 e. The molecule has 0 fully saturated rings. The van der Waals surface area contributed by atoms with Crippen molar-refractivity contribution < 1.29 is 9.84 Å². The Morgan fingerprint density at radius 1 is 0.536 bits per heavy atom. The first-order valence-corrected chi connectivity index (χ1v) is 12.6. The third-order valence-corrected chi connectivity index (χ3v) is 5.84. The van der Waals surface area contributed by atoms with Crippen molar-refractivity contribution in [1.29, 1.82) is 0 Å². The summed E-state index contributed by atoms with van der Waals surface area (Å²) in [5.41, 5.74) is -0.675. The average Bonchev–Trinajstić information content (AvgIpc) is 2.60. The Morgan fingerprint density at radius 2 is 0.893 bits per heavy atom. The smallest absolute Gasteiger partial charge is 0.0626 e. The SMILES string of the molecule is CCCCCCCCCCCCCCCCCCC(C)(C)OCCC(C)(C)O. The second kappa shape index (κ2) is 17.8. The van der Waals surface area contributed by atoms with Crippen LogP contribution in [0.4, 0.5) is 0 Å². The lowest BCUT2D eigenvalue weighted by atomic mass is 9.98. The van der Waals surface area contributed by atoms with Gasteiger partial charge in [0, 0.05) is 0 Å². The fraction of sp³-hybridized carbons (Fsp3) is 1.00. The molecule has 0 saturated carbocycles. The maximum Gasteiger partial charge on any atom is 0.0626 e. The largest absolute Gasteiger partial charge is 0.390 e. The summed E-state index contributed by atoms with van der Waals surface area (Å²) >= 11 is 0. The van der Waals surface area contributed by atoms with Crippen LogP contribution in [0.1, 0.15) is 150 Å². The van der Waals surface area contributed by atoms with Crippen molar-refractivity contribution in [3.8, 4) is 0 Å². The summed E-state index contributed by atoms with van der Waals surface area (Å²) in [6.45, 7) is 11.0. The minimum absolute atomic E-state index is 0.0543. The average molecular weight is 399 g/mol. The number of unbranched alkanes of at least 4 members (excludes halogenated alkanes) is 15. The molecule has 0 aromatic heterocycles. The van der Waals surface area contributed by atoms with Crippen LogP contribution in [-0.2, 0) is 4.74 Å². The fourth-order valence-corrected chi connectivity index (χ4v) is 3.75. The summed E-state index contributed by atoms with van der Waals surface area (Å²) in [7, 11) is 0. The van der Waals surface area contributed by atoms with Crippen molar-refractivity contribution in [2.75, 3.05) is 6.61 Å². The van der Waals surface area contributed by atoms with Crippen molar-refractivity contribution in [3.05, 3.63) is 0 Å². The monoisotopic (exact) mass is 398 g/mol. The number of ether oxygens (including phenoxy) is 1. The van der Waals surface area contributed by atoms with Gasteiger partial charge in [0.25, 0.3) is 0 Å². The van der Waals surface area contributed by atoms with Gasteiger partial charge < -0.3 is 9.84 Å². The molecule has 0 saturated heterocycles. The second-order valence-electron chi connectivity index (χ2n) is 10.2. The Hall–Kier alpha value is -0.0800. The van der Waals surface area contributed by atoms with Crippen molar-refractivity contribution in [2.45, 2.75) is 161 Å². The highest BCUT2D eigenvalue weighted by Crippen LogP contribution is 2.21. The van der Waals surface area contributed by atoms with Crippen LogP contribution in [0.15, 0.2) is 0 Å². The predicted molar refractivity (Wildman–Crippen MR) is 125 cm³/mol. The van der Waals surface area contributed by atoms with Gasteiger partial charge in [-0.2, -0.15) is 0 Å². The van der Waals surface area contributed by atoms with Crippen LogP contribution in [-0.4, -0.2) is 22.9 Å². The molecule has 2 nitrogen and oxygen atoms in total. The molecule has 0 aliphatic heterocycles. The first-order chi connectivity index (χ1) is 13.3. The van der Waals surface area contributed by atoms with Crippen molar-refractivity contribution in [3.63, 3.8) is 0 Å². The summed E-state index contributed by atoms with van der Waals surface area (Å²) in [6, 6.07) is 0. The predicted octanol–water partition coefficient (Wildman–Crippen LogP) is 8.59. The van der Waals surface area contributed by atoms with Crippen LogP contribution in [0.2, 0.25) is 0 Å². The summed E-state index contributed by atoms with van der Waals surface area (Å²) in [5, 5.41) is 9.76. The van der Waals surface area contributed by atoms with Gasteiger partial charge in [0.1, 0.15) is 0 Å². The Kier molecular flexibility index (Phi) is 17.7. The van der Waals surface area contributed by atoms with Crippen LogP contribution >= 0.6 is 0 Å². The van der Waals surface area contributed by atoms with E-state index in [4.69, 9.17) is 4.74 Å². The fourth-order valence-electron chi connectivity index (χ4n) is 3.75. The Bertz CT molecular complexity index is 317. The molecule has 2 heteroatoms. The maximum absolute atomic E-state index is 9.76. The molecular weight excluding hydrogens is 344 g/mol. The maximum atomic E-state index is 9.76. The minimum atomic E-state index is -0.621. The standard InChI is InChI=1S/C26H54O2/c1-6-7-8-9-10-11-12-13-14-15-16-17-18-19-20-21-22-26(4,5)28-24-23-25(2,3)27/h27H,6-24H2,1-5H3. The molecule has 28 heavy (non-hydrogen) atoms. The molecular formula is C26H54O2. The second-order valence-corrected chi connectivity index (χ2v) is 10.2. The highest BCUT2D eigenvalue weighted by atomic mass is 16.5. The highest BCUT2D eigenvalue weighted by molar-refractivity contribution is 4.71. The van der Waals surface area contributed by atoms with Crippen molar-refractivity contribution >= 4 is 0 Å². The van der Waals surface area contributed by atoms with E-state index in [0.717, 1.165) is 6.42 Å². The quantitative estimate of drug-likeness (QED) is 0.196. The molecule has 0 heterocycles. The van der Waals surface area contributed by atoms with Gasteiger partial charge in [-0.3, -0.25) is 0 Å². The number of aliphatic hydroxyl groups is 1. The van der Waals surface area contributed by atoms with Crippen molar-refractivity contribution in [2.24, 2.45) is 0 Å². The Morgan fingerprint density at radius 3 is 1.25 bits per heavy atom. The first-order valence-electron chi connectivity index (χ1n) is 12.6. The van der Waals surface area contributed by atoms with Gasteiger partial charge in [-0.25, -0.2) is 0 Å². The van der Waals surface area contributed by atoms with Crippen LogP contribution in [0.5, 0.6) is 0 Å². The molecule has 1 N–H and O–H groups in total. The van der Waals surface area contributed by atoms with Gasteiger partial charge in [-0.05, 0) is 40.5 Å². The summed E-state index contributed by atoms with van der Waals surface area (Å²) < 4.78 is 5.97. The van der Waals surface area contributed by atoms with Crippen LogP contribution in [0, 0.1) is 0 Å². The van der Waals surface area contributed by atoms with Gasteiger partial charge in [-0.15, -0.1) is 0 Å². The third kappa shape index (κ3) is 22.2. The van der Waals surface area contributed by atoms with E-state index in [1.807, 2.05) is 13.8 Å². The van der Waals surface area contributed by atoms with E-state index in [9.17, 15) is 5.11 Å². The van der Waals surface area contributed by atoms with Gasteiger partial charge in [-0.1, -0.05) is 110 Å². The highest BCUT2D eigenvalue weighted by Gasteiger charge is 2.20. The lowest BCUT2D eigenvalue weighted by molar-refractivity contribution is -0.0510. The number of hydrogen-bond donors (Lipinski definition) is 1. The normalized spacial score (nSPS) is 12.6. The van der Waals surface area contributed by atoms with Crippen molar-refractivity contribution in [1.82, 2.24) is 0 Å². The molecule has 0 radical (unpaired) electrons. The molecule has 0 unspecified atom stereocenters. The van der Waals surface area contributed by atoms with E-state index >= 15 is 0 Å². The molecule has 170 valence electrons. The molecule has 0 aliphatic rings. The van der Waals surface area contributed by atoms with Crippen LogP contribution < -0.4 is 0 Å². The lowest BCUT2D eigenvalue weighted by Crippen LogP contribution is -2.28. The van der Waals surface area contributed by atoms with Gasteiger partial charge >= 0.3 is 0 Å². The molecule has 0 aromatic rings. The Labute approximate surface area is 178 Å². The number of rotatable bonds is 21. The molecule has 0 atom stereocenters. The van der Waals surface area contributed by atoms with E-state index in [-0.39, 0.29) is 5.60 Å². The molecule has 0 aromatic carbocycles. The number of hydrogen-bond acceptors (Lipinski definition) is 2. The Balaban J connectivity index is 3.28. The van der Waals surface area contributed by atoms with E-state index in [1.165, 1.54) is 103 Å². The van der Waals surface area contributed by atoms with E-state index in [2.05, 4.69) is 20.8 Å². The van der Waals surface area contributed by atoms with Gasteiger partial charge in [0.15, 0.2) is 0 Å². The summed E-state index contributed by atoms with van der Waals surface area (Å²) in [5.74, 6) is 0. The zero-order valence-corrected chi connectivity index (χ0v) is 20.3. The van der Waals surface area contributed by atoms with E-state index < -0.39 is 5.60 Å². The molecule has 0 spiro atoms. The van der Waals surface area contributed by atoms with Crippen LogP contribution in [0.3, 0.4) is 0 Å². The summed E-state index contributed by atoms with van der Waals surface area (Å²) in [6.07, 6.45) is 24.4. The van der Waals surface area contributed by atoms with E-state index in [0.29, 0.717) is 13.0 Å². The van der Waals surface area contributed by atoms with E-state index in [1.54, 1.807) is 0 Å². The van der Waals surface area contributed by atoms with Gasteiger partial charge in [0.2, 0.25) is 0 Å². The zero-order chi connectivity index (χ0) is 21.1. The first kappa shape index (κ1) is 27.9. The summed E-state index contributed by atoms with van der Waals surface area (Å²) in [4.78, 5) is 0. The topological polar surface area (TPSA) is 29.5 Å². The zero-order valence-electron chi connectivity index (χ0n) is 20.3. The molecule has 0 amide bonds. The molecule has 0 aliphatic carbocycles.